The molecule has 2 N–H and O–H groups in total. The largest absolute Gasteiger partial charge is 0.394 e. The number of aliphatic hydroxyl groups is 1. The predicted molar refractivity (Wildman–Crippen MR) is 75.1 cm³/mol. The molecule has 7 heteroatoms. The second kappa shape index (κ2) is 5.58. The van der Waals surface area contributed by atoms with E-state index in [1.54, 1.807) is 0 Å². The predicted octanol–water partition coefficient (Wildman–Crippen LogP) is 2.58. The summed E-state index contributed by atoms with van der Waals surface area (Å²) < 4.78 is 27.3. The maximum Gasteiger partial charge on any atom is 0.242 e. The van der Waals surface area contributed by atoms with Crippen molar-refractivity contribution < 1.29 is 13.5 Å². The molecule has 1 aromatic carbocycles. The highest BCUT2D eigenvalue weighted by atomic mass is 35.5. The van der Waals surface area contributed by atoms with Crippen molar-refractivity contribution >= 4 is 33.2 Å². The van der Waals surface area contributed by atoms with Gasteiger partial charge in [0.25, 0.3) is 0 Å². The van der Waals surface area contributed by atoms with Crippen LogP contribution in [0.2, 0.25) is 10.0 Å². The van der Waals surface area contributed by atoms with Gasteiger partial charge in [-0.05, 0) is 25.0 Å². The molecule has 0 saturated heterocycles. The van der Waals surface area contributed by atoms with Gasteiger partial charge in [0.15, 0.2) is 0 Å². The van der Waals surface area contributed by atoms with Gasteiger partial charge < -0.3 is 5.11 Å². The van der Waals surface area contributed by atoms with Gasteiger partial charge in [-0.3, -0.25) is 0 Å². The van der Waals surface area contributed by atoms with Crippen LogP contribution < -0.4 is 4.72 Å². The van der Waals surface area contributed by atoms with Crippen LogP contribution in [-0.2, 0) is 10.0 Å². The molecule has 0 atom stereocenters. The first-order valence-electron chi connectivity index (χ1n) is 5.99. The fourth-order valence-corrected chi connectivity index (χ4v) is 4.59. The van der Waals surface area contributed by atoms with E-state index in [9.17, 15) is 13.5 Å². The van der Waals surface area contributed by atoms with Gasteiger partial charge in [-0.1, -0.05) is 42.1 Å². The summed E-state index contributed by atoms with van der Waals surface area (Å²) in [5.41, 5.74) is -0.773. The summed E-state index contributed by atoms with van der Waals surface area (Å²) in [6.45, 7) is -0.218. The van der Waals surface area contributed by atoms with Crippen LogP contribution in [-0.4, -0.2) is 25.7 Å². The molecule has 0 aromatic heterocycles. The number of nitrogens with one attached hydrogen (secondary N) is 1. The van der Waals surface area contributed by atoms with Crippen LogP contribution in [0.15, 0.2) is 23.1 Å². The van der Waals surface area contributed by atoms with Gasteiger partial charge in [-0.25, -0.2) is 13.1 Å². The lowest BCUT2D eigenvalue weighted by atomic mass is 10.0. The number of aliphatic hydroxyl groups excluding tert-OH is 1. The third-order valence-corrected chi connectivity index (χ3v) is 5.97. The second-order valence-corrected chi connectivity index (χ2v) is 7.24. The average Bonchev–Trinajstić information content (AvgIpc) is 2.81. The van der Waals surface area contributed by atoms with Crippen molar-refractivity contribution in [3.8, 4) is 0 Å². The molecule has 0 spiro atoms. The molecule has 4 nitrogen and oxygen atoms in total. The third-order valence-electron chi connectivity index (χ3n) is 3.42. The van der Waals surface area contributed by atoms with Crippen molar-refractivity contribution in [1.82, 2.24) is 4.72 Å². The highest BCUT2D eigenvalue weighted by Gasteiger charge is 2.38. The first kappa shape index (κ1) is 15.1. The Morgan fingerprint density at radius 3 is 2.47 bits per heavy atom. The Balaban J connectivity index is 2.35. The summed E-state index contributed by atoms with van der Waals surface area (Å²) >= 11 is 11.8. The van der Waals surface area contributed by atoms with Gasteiger partial charge in [-0.15, -0.1) is 0 Å². The first-order valence-corrected chi connectivity index (χ1v) is 8.23. The Kier molecular flexibility index (Phi) is 4.42. The van der Waals surface area contributed by atoms with Crippen LogP contribution >= 0.6 is 23.2 Å². The van der Waals surface area contributed by atoms with Crippen molar-refractivity contribution in [2.45, 2.75) is 36.1 Å². The molecule has 0 radical (unpaired) electrons. The normalized spacial score (nSPS) is 18.7. The molecule has 1 aliphatic rings. The lowest BCUT2D eigenvalue weighted by molar-refractivity contribution is 0.185. The van der Waals surface area contributed by atoms with Crippen molar-refractivity contribution in [2.75, 3.05) is 6.61 Å². The molecule has 2 rings (SSSR count). The van der Waals surface area contributed by atoms with E-state index in [4.69, 9.17) is 23.2 Å². The molecule has 1 aromatic rings. The van der Waals surface area contributed by atoms with Gasteiger partial charge >= 0.3 is 0 Å². The van der Waals surface area contributed by atoms with E-state index in [1.165, 1.54) is 18.2 Å². The Morgan fingerprint density at radius 1 is 1.26 bits per heavy atom. The molecule has 1 saturated carbocycles. The molecule has 106 valence electrons. The van der Waals surface area contributed by atoms with Crippen molar-refractivity contribution in [3.05, 3.63) is 28.2 Å². The molecule has 1 aliphatic carbocycles. The maximum atomic E-state index is 12.4. The molecular formula is C12H15Cl2NO3S. The topological polar surface area (TPSA) is 66.4 Å². The average molecular weight is 324 g/mol. The SMILES string of the molecule is O=S(=O)(NC1(CO)CCCC1)c1cccc(Cl)c1Cl. The number of benzene rings is 1. The molecule has 0 amide bonds. The Labute approximate surface area is 122 Å². The van der Waals surface area contributed by atoms with E-state index >= 15 is 0 Å². The zero-order valence-electron chi connectivity index (χ0n) is 10.2. The van der Waals surface area contributed by atoms with E-state index in [2.05, 4.69) is 4.72 Å². The third kappa shape index (κ3) is 3.06. The van der Waals surface area contributed by atoms with Crippen LogP contribution in [0, 0.1) is 0 Å². The standard InChI is InChI=1S/C12H15Cl2NO3S/c13-9-4-3-5-10(11(9)14)19(17,18)15-12(8-16)6-1-2-7-12/h3-5,15-16H,1-2,6-8H2. The van der Waals surface area contributed by atoms with Crippen LogP contribution in [0.5, 0.6) is 0 Å². The number of rotatable bonds is 4. The minimum Gasteiger partial charge on any atom is -0.394 e. The second-order valence-electron chi connectivity index (χ2n) is 4.80. The summed E-state index contributed by atoms with van der Waals surface area (Å²) in [6.07, 6.45) is 3.04. The van der Waals surface area contributed by atoms with E-state index in [0.29, 0.717) is 12.8 Å². The van der Waals surface area contributed by atoms with E-state index in [0.717, 1.165) is 12.8 Å². The zero-order chi connectivity index (χ0) is 14.1. The quantitative estimate of drug-likeness (QED) is 0.894. The van der Waals surface area contributed by atoms with Crippen LogP contribution in [0.1, 0.15) is 25.7 Å². The van der Waals surface area contributed by atoms with Crippen LogP contribution in [0.25, 0.3) is 0 Å². The highest BCUT2D eigenvalue weighted by molar-refractivity contribution is 7.89. The Morgan fingerprint density at radius 2 is 1.89 bits per heavy atom. The zero-order valence-corrected chi connectivity index (χ0v) is 12.5. The number of sulfonamides is 1. The number of halogens is 2. The van der Waals surface area contributed by atoms with Crippen LogP contribution in [0.4, 0.5) is 0 Å². The van der Waals surface area contributed by atoms with E-state index in [1.807, 2.05) is 0 Å². The molecule has 0 aliphatic heterocycles. The highest BCUT2D eigenvalue weighted by Crippen LogP contribution is 2.33. The molecule has 0 bridgehead atoms. The van der Waals surface area contributed by atoms with Crippen molar-refractivity contribution in [3.63, 3.8) is 0 Å². The lowest BCUT2D eigenvalue weighted by Gasteiger charge is -2.27. The fourth-order valence-electron chi connectivity index (χ4n) is 2.38. The minimum atomic E-state index is -3.79. The Hall–Kier alpha value is -0.330. The summed E-state index contributed by atoms with van der Waals surface area (Å²) in [5.74, 6) is 0. The number of hydrogen-bond acceptors (Lipinski definition) is 3. The van der Waals surface area contributed by atoms with Gasteiger partial charge in [0.05, 0.1) is 22.2 Å². The van der Waals surface area contributed by atoms with Crippen molar-refractivity contribution in [1.29, 1.82) is 0 Å². The molecule has 0 heterocycles. The lowest BCUT2D eigenvalue weighted by Crippen LogP contribution is -2.49. The maximum absolute atomic E-state index is 12.4. The summed E-state index contributed by atoms with van der Waals surface area (Å²) in [7, 11) is -3.79. The summed E-state index contributed by atoms with van der Waals surface area (Å²) in [6, 6.07) is 4.46. The van der Waals surface area contributed by atoms with Crippen LogP contribution in [0.3, 0.4) is 0 Å². The molecular weight excluding hydrogens is 309 g/mol. The van der Waals surface area contributed by atoms with E-state index < -0.39 is 15.6 Å². The monoisotopic (exact) mass is 323 g/mol. The van der Waals surface area contributed by atoms with Gasteiger partial charge in [0, 0.05) is 0 Å². The van der Waals surface area contributed by atoms with Gasteiger partial charge in [0.1, 0.15) is 4.90 Å². The number of hydrogen-bond donors (Lipinski definition) is 2. The van der Waals surface area contributed by atoms with Crippen molar-refractivity contribution in [2.24, 2.45) is 0 Å². The van der Waals surface area contributed by atoms with Gasteiger partial charge in [-0.2, -0.15) is 0 Å². The smallest absolute Gasteiger partial charge is 0.242 e. The Bertz CT molecular complexity index is 568. The summed E-state index contributed by atoms with van der Waals surface area (Å²) in [5, 5.41) is 9.66. The first-order chi connectivity index (χ1) is 8.90. The minimum absolute atomic E-state index is 0.00255. The summed E-state index contributed by atoms with van der Waals surface area (Å²) in [4.78, 5) is -0.0543. The fraction of sp³-hybridized carbons (Fsp3) is 0.500. The molecule has 0 unspecified atom stereocenters. The van der Waals surface area contributed by atoms with Gasteiger partial charge in [0.2, 0.25) is 10.0 Å². The molecule has 1 fully saturated rings. The van der Waals surface area contributed by atoms with E-state index in [-0.39, 0.29) is 21.5 Å². The molecule has 19 heavy (non-hydrogen) atoms.